The molecule has 1 heterocycles. The highest BCUT2D eigenvalue weighted by Gasteiger charge is 2.10. The molecule has 0 atom stereocenters. The standard InChI is InChI=1S/C13H13ClF2N4/c1-2-5-17-13-18-7-10(16)12(20-13)19-11-4-3-8(14)6-9(11)15/h3-4,6-7H,2,5H2,1H3,(H2,17,18,19,20). The Morgan fingerprint density at radius 3 is 2.75 bits per heavy atom. The number of aromatic nitrogens is 2. The van der Waals surface area contributed by atoms with Crippen molar-refractivity contribution in [3.8, 4) is 0 Å². The number of benzene rings is 1. The summed E-state index contributed by atoms with van der Waals surface area (Å²) < 4.78 is 27.3. The predicted molar refractivity (Wildman–Crippen MR) is 75.5 cm³/mol. The number of hydrogen-bond acceptors (Lipinski definition) is 4. The average molecular weight is 299 g/mol. The summed E-state index contributed by atoms with van der Waals surface area (Å²) in [4.78, 5) is 7.76. The molecule has 0 spiro atoms. The zero-order valence-corrected chi connectivity index (χ0v) is 11.5. The maximum Gasteiger partial charge on any atom is 0.224 e. The molecule has 0 bridgehead atoms. The van der Waals surface area contributed by atoms with Gasteiger partial charge in [0.2, 0.25) is 5.95 Å². The molecule has 20 heavy (non-hydrogen) atoms. The Labute approximate surface area is 120 Å². The number of halogens is 3. The van der Waals surface area contributed by atoms with Crippen LogP contribution in [0.5, 0.6) is 0 Å². The molecule has 1 aromatic carbocycles. The van der Waals surface area contributed by atoms with Gasteiger partial charge in [0.05, 0.1) is 11.9 Å². The van der Waals surface area contributed by atoms with Crippen LogP contribution >= 0.6 is 11.6 Å². The Morgan fingerprint density at radius 2 is 2.05 bits per heavy atom. The van der Waals surface area contributed by atoms with Gasteiger partial charge in [-0.3, -0.25) is 0 Å². The molecule has 0 saturated carbocycles. The Morgan fingerprint density at radius 1 is 1.25 bits per heavy atom. The number of anilines is 3. The summed E-state index contributed by atoms with van der Waals surface area (Å²) in [6.45, 7) is 2.65. The van der Waals surface area contributed by atoms with Gasteiger partial charge in [0, 0.05) is 11.6 Å². The lowest BCUT2D eigenvalue weighted by atomic mass is 10.3. The van der Waals surface area contributed by atoms with Crippen molar-refractivity contribution in [1.29, 1.82) is 0 Å². The molecule has 2 rings (SSSR count). The summed E-state index contributed by atoms with van der Waals surface area (Å²) in [7, 11) is 0. The second-order valence-electron chi connectivity index (χ2n) is 4.07. The van der Waals surface area contributed by atoms with Crippen molar-refractivity contribution in [2.75, 3.05) is 17.2 Å². The molecule has 2 N–H and O–H groups in total. The topological polar surface area (TPSA) is 49.8 Å². The van der Waals surface area contributed by atoms with Gasteiger partial charge >= 0.3 is 0 Å². The van der Waals surface area contributed by atoms with Crippen molar-refractivity contribution < 1.29 is 8.78 Å². The van der Waals surface area contributed by atoms with E-state index < -0.39 is 11.6 Å². The first kappa shape index (κ1) is 14.5. The van der Waals surface area contributed by atoms with Crippen molar-refractivity contribution in [2.24, 2.45) is 0 Å². The van der Waals surface area contributed by atoms with Crippen LogP contribution in [0.15, 0.2) is 24.4 Å². The third-order valence-electron chi connectivity index (χ3n) is 2.46. The molecular weight excluding hydrogens is 286 g/mol. The van der Waals surface area contributed by atoms with Crippen molar-refractivity contribution in [3.05, 3.63) is 41.1 Å². The van der Waals surface area contributed by atoms with E-state index in [2.05, 4.69) is 20.6 Å². The number of nitrogens with zero attached hydrogens (tertiary/aromatic N) is 2. The average Bonchev–Trinajstić information content (AvgIpc) is 2.42. The van der Waals surface area contributed by atoms with Crippen LogP contribution < -0.4 is 10.6 Å². The molecule has 0 saturated heterocycles. The zero-order valence-electron chi connectivity index (χ0n) is 10.8. The van der Waals surface area contributed by atoms with E-state index in [1.807, 2.05) is 6.92 Å². The molecule has 0 unspecified atom stereocenters. The first-order valence-corrected chi connectivity index (χ1v) is 6.46. The lowest BCUT2D eigenvalue weighted by molar-refractivity contribution is 0.616. The molecule has 4 nitrogen and oxygen atoms in total. The molecule has 0 fully saturated rings. The van der Waals surface area contributed by atoms with Crippen LogP contribution in [0.2, 0.25) is 5.02 Å². The van der Waals surface area contributed by atoms with Crippen molar-refractivity contribution in [2.45, 2.75) is 13.3 Å². The third kappa shape index (κ3) is 3.54. The molecule has 1 aromatic heterocycles. The predicted octanol–water partition coefficient (Wildman–Crippen LogP) is 3.97. The van der Waals surface area contributed by atoms with Gasteiger partial charge in [-0.15, -0.1) is 0 Å². The van der Waals surface area contributed by atoms with Gasteiger partial charge in [0.25, 0.3) is 0 Å². The summed E-state index contributed by atoms with van der Waals surface area (Å²) in [5, 5.41) is 5.78. The molecule has 0 radical (unpaired) electrons. The summed E-state index contributed by atoms with van der Waals surface area (Å²) in [5.41, 5.74) is 0.0911. The minimum atomic E-state index is -0.665. The van der Waals surface area contributed by atoms with E-state index in [1.54, 1.807) is 0 Å². The van der Waals surface area contributed by atoms with Crippen LogP contribution in [-0.2, 0) is 0 Å². The SMILES string of the molecule is CCCNc1ncc(F)c(Nc2ccc(Cl)cc2F)n1. The minimum Gasteiger partial charge on any atom is -0.354 e. The zero-order chi connectivity index (χ0) is 14.5. The summed E-state index contributed by atoms with van der Waals surface area (Å²) in [6, 6.07) is 4.06. The molecule has 0 amide bonds. The largest absolute Gasteiger partial charge is 0.354 e. The van der Waals surface area contributed by atoms with Crippen LogP contribution in [0.3, 0.4) is 0 Å². The second-order valence-corrected chi connectivity index (χ2v) is 4.50. The van der Waals surface area contributed by atoms with Gasteiger partial charge in [-0.1, -0.05) is 18.5 Å². The summed E-state index contributed by atoms with van der Waals surface area (Å²) >= 11 is 5.66. The maximum atomic E-state index is 13.6. The van der Waals surface area contributed by atoms with E-state index >= 15 is 0 Å². The highest BCUT2D eigenvalue weighted by atomic mass is 35.5. The first-order chi connectivity index (χ1) is 9.60. The molecule has 2 aromatic rings. The fourth-order valence-corrected chi connectivity index (χ4v) is 1.65. The molecule has 106 valence electrons. The Kier molecular flexibility index (Phi) is 4.68. The highest BCUT2D eigenvalue weighted by Crippen LogP contribution is 2.23. The van der Waals surface area contributed by atoms with E-state index in [-0.39, 0.29) is 22.5 Å². The van der Waals surface area contributed by atoms with E-state index in [9.17, 15) is 8.78 Å². The minimum absolute atomic E-state index is 0.0911. The molecule has 0 aliphatic rings. The van der Waals surface area contributed by atoms with Gasteiger partial charge in [-0.2, -0.15) is 4.98 Å². The Hall–Kier alpha value is -1.95. The molecule has 0 aliphatic carbocycles. The van der Waals surface area contributed by atoms with E-state index in [1.165, 1.54) is 12.1 Å². The highest BCUT2D eigenvalue weighted by molar-refractivity contribution is 6.30. The van der Waals surface area contributed by atoms with Gasteiger partial charge < -0.3 is 10.6 Å². The lowest BCUT2D eigenvalue weighted by Crippen LogP contribution is -2.07. The van der Waals surface area contributed by atoms with Crippen molar-refractivity contribution >= 4 is 29.1 Å². The van der Waals surface area contributed by atoms with Crippen LogP contribution in [0.1, 0.15) is 13.3 Å². The normalized spacial score (nSPS) is 10.4. The van der Waals surface area contributed by atoms with E-state index in [0.29, 0.717) is 6.54 Å². The molecule has 0 aliphatic heterocycles. The van der Waals surface area contributed by atoms with Crippen LogP contribution in [0, 0.1) is 11.6 Å². The van der Waals surface area contributed by atoms with Crippen LogP contribution in [0.25, 0.3) is 0 Å². The number of rotatable bonds is 5. The number of hydrogen-bond donors (Lipinski definition) is 2. The fourth-order valence-electron chi connectivity index (χ4n) is 1.50. The Balaban J connectivity index is 2.23. The van der Waals surface area contributed by atoms with Crippen LogP contribution in [-0.4, -0.2) is 16.5 Å². The van der Waals surface area contributed by atoms with Crippen LogP contribution in [0.4, 0.5) is 26.2 Å². The summed E-state index contributed by atoms with van der Waals surface area (Å²) in [6.07, 6.45) is 1.91. The first-order valence-electron chi connectivity index (χ1n) is 6.08. The van der Waals surface area contributed by atoms with Gasteiger partial charge in [0.15, 0.2) is 11.6 Å². The monoisotopic (exact) mass is 298 g/mol. The maximum absolute atomic E-state index is 13.6. The van der Waals surface area contributed by atoms with E-state index in [0.717, 1.165) is 18.7 Å². The van der Waals surface area contributed by atoms with Gasteiger partial charge in [-0.25, -0.2) is 13.8 Å². The second kappa shape index (κ2) is 6.47. The van der Waals surface area contributed by atoms with Gasteiger partial charge in [-0.05, 0) is 24.6 Å². The molecule has 7 heteroatoms. The van der Waals surface area contributed by atoms with Gasteiger partial charge in [0.1, 0.15) is 5.82 Å². The fraction of sp³-hybridized carbons (Fsp3) is 0.231. The Bertz CT molecular complexity index is 607. The smallest absolute Gasteiger partial charge is 0.224 e. The number of nitrogens with one attached hydrogen (secondary N) is 2. The van der Waals surface area contributed by atoms with Crippen molar-refractivity contribution in [3.63, 3.8) is 0 Å². The van der Waals surface area contributed by atoms with E-state index in [4.69, 9.17) is 11.6 Å². The van der Waals surface area contributed by atoms with Crippen molar-refractivity contribution in [1.82, 2.24) is 9.97 Å². The third-order valence-corrected chi connectivity index (χ3v) is 2.70. The lowest BCUT2D eigenvalue weighted by Gasteiger charge is -2.09. The quantitative estimate of drug-likeness (QED) is 0.877. The molecular formula is C13H13ClF2N4. The summed E-state index contributed by atoms with van der Waals surface area (Å²) in [5.74, 6) is -1.06.